The molecule has 0 unspecified atom stereocenters. The lowest BCUT2D eigenvalue weighted by Crippen LogP contribution is -2.26. The first-order valence-electron chi connectivity index (χ1n) is 11.1. The molecule has 0 aliphatic heterocycles. The Morgan fingerprint density at radius 1 is 1.14 bits per heavy atom. The summed E-state index contributed by atoms with van der Waals surface area (Å²) in [6.07, 6.45) is -3.21. The number of nitrogens with zero attached hydrogens (tertiary/aromatic N) is 3. The minimum absolute atomic E-state index is 0.0330. The Morgan fingerprint density at radius 2 is 1.83 bits per heavy atom. The van der Waals surface area contributed by atoms with E-state index in [0.29, 0.717) is 42.0 Å². The molecule has 1 heterocycles. The average Bonchev–Trinajstić information content (AvgIpc) is 3.22. The lowest BCUT2D eigenvalue weighted by Gasteiger charge is -2.30. The molecule has 0 atom stereocenters. The van der Waals surface area contributed by atoms with Gasteiger partial charge in [0.15, 0.2) is 0 Å². The normalized spacial score (nSPS) is 18.0. The van der Waals surface area contributed by atoms with Gasteiger partial charge < -0.3 is 19.3 Å². The van der Waals surface area contributed by atoms with Crippen LogP contribution in [0.2, 0.25) is 5.02 Å². The van der Waals surface area contributed by atoms with Crippen molar-refractivity contribution in [2.45, 2.75) is 50.6 Å². The highest BCUT2D eigenvalue weighted by atomic mass is 35.5. The summed E-state index contributed by atoms with van der Waals surface area (Å²) in [4.78, 5) is 11.7. The number of rotatable bonds is 8. The standard InChI is InChI=1S/C24H23ClF3N3O5/c1-34-17-7-2-14(3-8-17)13-31-22(21(23(32)33)29-30-31)35-18-9-4-15(5-10-18)19-12-16(25)6-11-20(19)36-24(26,27)28/h2-3,6-8,11-12,15,18H,4-5,9-10,13H2,1H3,(H,32,33). The number of carboxylic acids is 1. The van der Waals surface area contributed by atoms with E-state index in [1.165, 1.54) is 22.9 Å². The predicted molar refractivity (Wildman–Crippen MR) is 123 cm³/mol. The highest BCUT2D eigenvalue weighted by Gasteiger charge is 2.34. The maximum absolute atomic E-state index is 12.9. The molecule has 1 aliphatic rings. The van der Waals surface area contributed by atoms with Gasteiger partial charge in [-0.25, -0.2) is 9.48 Å². The van der Waals surface area contributed by atoms with Crippen LogP contribution in [0.4, 0.5) is 13.2 Å². The fourth-order valence-electron chi connectivity index (χ4n) is 4.27. The van der Waals surface area contributed by atoms with Crippen molar-refractivity contribution >= 4 is 17.6 Å². The van der Waals surface area contributed by atoms with Gasteiger partial charge in [-0.1, -0.05) is 28.9 Å². The summed E-state index contributed by atoms with van der Waals surface area (Å²) in [5, 5.41) is 17.6. The van der Waals surface area contributed by atoms with Gasteiger partial charge in [-0.05, 0) is 73.1 Å². The molecular weight excluding hydrogens is 503 g/mol. The van der Waals surface area contributed by atoms with Crippen LogP contribution in [0, 0.1) is 0 Å². The van der Waals surface area contributed by atoms with Crippen LogP contribution >= 0.6 is 11.6 Å². The van der Waals surface area contributed by atoms with E-state index >= 15 is 0 Å². The molecule has 0 spiro atoms. The first kappa shape index (κ1) is 25.6. The summed E-state index contributed by atoms with van der Waals surface area (Å²) in [5.41, 5.74) is 0.918. The Bertz CT molecular complexity index is 1210. The minimum atomic E-state index is -4.81. The topological polar surface area (TPSA) is 95.7 Å². The van der Waals surface area contributed by atoms with Crippen molar-refractivity contribution in [1.82, 2.24) is 15.0 Å². The molecule has 1 N–H and O–H groups in total. The second kappa shape index (κ2) is 10.7. The molecule has 2 aromatic carbocycles. The predicted octanol–water partition coefficient (Wildman–Crippen LogP) is 5.69. The summed E-state index contributed by atoms with van der Waals surface area (Å²) < 4.78 is 55.3. The van der Waals surface area contributed by atoms with E-state index < -0.39 is 12.3 Å². The quantitative estimate of drug-likeness (QED) is 0.403. The van der Waals surface area contributed by atoms with Crippen LogP contribution in [-0.2, 0) is 6.54 Å². The summed E-state index contributed by atoms with van der Waals surface area (Å²) in [7, 11) is 1.56. The highest BCUT2D eigenvalue weighted by molar-refractivity contribution is 6.30. The van der Waals surface area contributed by atoms with Gasteiger partial charge in [-0.15, -0.1) is 18.3 Å². The number of aromatic nitrogens is 3. The van der Waals surface area contributed by atoms with Crippen molar-refractivity contribution in [2.75, 3.05) is 7.11 Å². The average molecular weight is 526 g/mol. The van der Waals surface area contributed by atoms with Crippen molar-refractivity contribution in [3.63, 3.8) is 0 Å². The van der Waals surface area contributed by atoms with Crippen molar-refractivity contribution in [3.8, 4) is 17.4 Å². The molecule has 1 saturated carbocycles. The van der Waals surface area contributed by atoms with Crippen LogP contribution in [-0.4, -0.2) is 45.6 Å². The van der Waals surface area contributed by atoms with Gasteiger partial charge in [0.25, 0.3) is 0 Å². The maximum atomic E-state index is 12.9. The molecule has 4 rings (SSSR count). The lowest BCUT2D eigenvalue weighted by molar-refractivity contribution is -0.275. The Labute approximate surface area is 209 Å². The number of carbonyl (C=O) groups is 1. The third-order valence-corrected chi connectivity index (χ3v) is 6.21. The fraction of sp³-hybridized carbons (Fsp3) is 0.375. The van der Waals surface area contributed by atoms with Gasteiger partial charge in [-0.2, -0.15) is 0 Å². The van der Waals surface area contributed by atoms with E-state index in [1.54, 1.807) is 19.2 Å². The van der Waals surface area contributed by atoms with E-state index in [9.17, 15) is 23.1 Å². The SMILES string of the molecule is COc1ccc(Cn2nnc(C(=O)O)c2OC2CCC(c3cc(Cl)ccc3OC(F)(F)F)CC2)cc1. The zero-order chi connectivity index (χ0) is 25.9. The van der Waals surface area contributed by atoms with E-state index in [2.05, 4.69) is 15.0 Å². The zero-order valence-corrected chi connectivity index (χ0v) is 19.9. The van der Waals surface area contributed by atoms with Crippen LogP contribution in [0.15, 0.2) is 42.5 Å². The molecule has 12 heteroatoms. The third kappa shape index (κ3) is 6.20. The van der Waals surface area contributed by atoms with Crippen LogP contribution in [0.5, 0.6) is 17.4 Å². The van der Waals surface area contributed by atoms with Crippen molar-refractivity contribution < 1.29 is 37.3 Å². The Morgan fingerprint density at radius 3 is 2.44 bits per heavy atom. The number of benzene rings is 2. The molecule has 0 amide bonds. The summed E-state index contributed by atoms with van der Waals surface area (Å²) >= 11 is 6.04. The largest absolute Gasteiger partial charge is 0.573 e. The van der Waals surface area contributed by atoms with Gasteiger partial charge in [0.05, 0.1) is 13.7 Å². The van der Waals surface area contributed by atoms with E-state index in [4.69, 9.17) is 21.1 Å². The fourth-order valence-corrected chi connectivity index (χ4v) is 4.45. The molecule has 192 valence electrons. The molecule has 1 aromatic heterocycles. The molecule has 8 nitrogen and oxygen atoms in total. The lowest BCUT2D eigenvalue weighted by atomic mass is 9.82. The van der Waals surface area contributed by atoms with Crippen LogP contribution in [0.1, 0.15) is 53.2 Å². The number of carboxylic acid groups (broad SMARTS) is 1. The Hall–Kier alpha value is -3.47. The molecule has 0 saturated heterocycles. The second-order valence-electron chi connectivity index (χ2n) is 8.38. The molecule has 0 radical (unpaired) electrons. The van der Waals surface area contributed by atoms with Crippen molar-refractivity contribution in [1.29, 1.82) is 0 Å². The molecule has 1 aliphatic carbocycles. The number of ether oxygens (including phenoxy) is 3. The smallest absolute Gasteiger partial charge is 0.497 e. The second-order valence-corrected chi connectivity index (χ2v) is 8.81. The number of methoxy groups -OCH3 is 1. The van der Waals surface area contributed by atoms with Crippen molar-refractivity contribution in [2.24, 2.45) is 0 Å². The highest BCUT2D eigenvalue weighted by Crippen LogP contribution is 2.41. The van der Waals surface area contributed by atoms with E-state index in [1.807, 2.05) is 12.1 Å². The number of alkyl halides is 3. The summed E-state index contributed by atoms with van der Waals surface area (Å²) in [6, 6.07) is 11.3. The molecule has 3 aromatic rings. The molecular formula is C24H23ClF3N3O5. The monoisotopic (exact) mass is 525 g/mol. The van der Waals surface area contributed by atoms with Crippen molar-refractivity contribution in [3.05, 3.63) is 64.3 Å². The maximum Gasteiger partial charge on any atom is 0.573 e. The number of hydrogen-bond acceptors (Lipinski definition) is 6. The summed E-state index contributed by atoms with van der Waals surface area (Å²) in [6.45, 7) is 0.232. The van der Waals surface area contributed by atoms with Gasteiger partial charge in [-0.3, -0.25) is 0 Å². The van der Waals surface area contributed by atoms with Gasteiger partial charge in [0.1, 0.15) is 17.6 Å². The van der Waals surface area contributed by atoms with Gasteiger partial charge in [0, 0.05) is 5.02 Å². The van der Waals surface area contributed by atoms with E-state index in [-0.39, 0.29) is 35.9 Å². The third-order valence-electron chi connectivity index (χ3n) is 5.97. The Balaban J connectivity index is 1.47. The zero-order valence-electron chi connectivity index (χ0n) is 19.2. The first-order chi connectivity index (χ1) is 17.1. The Kier molecular flexibility index (Phi) is 7.58. The number of aromatic carboxylic acids is 1. The first-order valence-corrected chi connectivity index (χ1v) is 11.5. The van der Waals surface area contributed by atoms with Crippen LogP contribution in [0.3, 0.4) is 0 Å². The van der Waals surface area contributed by atoms with Crippen LogP contribution < -0.4 is 14.2 Å². The van der Waals surface area contributed by atoms with Gasteiger partial charge >= 0.3 is 12.3 Å². The number of hydrogen-bond donors (Lipinski definition) is 1. The number of halogens is 4. The van der Waals surface area contributed by atoms with Crippen LogP contribution in [0.25, 0.3) is 0 Å². The van der Waals surface area contributed by atoms with E-state index in [0.717, 1.165) is 5.56 Å². The molecule has 0 bridgehead atoms. The minimum Gasteiger partial charge on any atom is -0.497 e. The molecule has 1 fully saturated rings. The summed E-state index contributed by atoms with van der Waals surface area (Å²) in [5.74, 6) is -1.05. The van der Waals surface area contributed by atoms with Gasteiger partial charge in [0.2, 0.25) is 11.6 Å². The molecule has 36 heavy (non-hydrogen) atoms.